The van der Waals surface area contributed by atoms with Crippen LogP contribution >= 0.6 is 22.7 Å². The maximum Gasteiger partial charge on any atom is 0.193 e. The van der Waals surface area contributed by atoms with E-state index in [-0.39, 0.29) is 5.78 Å². The molecule has 26 heavy (non-hydrogen) atoms. The third-order valence-electron chi connectivity index (χ3n) is 4.03. The number of carbonyl (C=O) groups excluding carboxylic acids is 1. The Kier molecular flexibility index (Phi) is 4.49. The summed E-state index contributed by atoms with van der Waals surface area (Å²) in [7, 11) is 0. The zero-order valence-electron chi connectivity index (χ0n) is 14.4. The molecule has 0 aliphatic rings. The standard InChI is InChI=1S/C21H16N2OS2/c1-13-11-25-20(22-13)17-7-3-15(4-8-17)19(24)16-5-9-18(10-6-16)21-23-14(2)12-26-21/h3-12H,1-2H3. The number of benzene rings is 2. The summed E-state index contributed by atoms with van der Waals surface area (Å²) in [5.41, 5.74) is 5.46. The van der Waals surface area contributed by atoms with Crippen molar-refractivity contribution in [2.75, 3.05) is 0 Å². The van der Waals surface area contributed by atoms with Crippen LogP contribution in [0, 0.1) is 13.8 Å². The quantitative estimate of drug-likeness (QED) is 0.424. The van der Waals surface area contributed by atoms with Gasteiger partial charge in [0, 0.05) is 44.4 Å². The Morgan fingerprint density at radius 3 is 1.38 bits per heavy atom. The van der Waals surface area contributed by atoms with E-state index in [1.807, 2.05) is 73.1 Å². The van der Waals surface area contributed by atoms with Crippen LogP contribution in [0.25, 0.3) is 21.1 Å². The number of carbonyl (C=O) groups is 1. The lowest BCUT2D eigenvalue weighted by atomic mass is 10.0. The number of hydrogen-bond donors (Lipinski definition) is 0. The minimum atomic E-state index is 0.0220. The highest BCUT2D eigenvalue weighted by Gasteiger charge is 2.11. The molecule has 0 aliphatic carbocycles. The predicted molar refractivity (Wildman–Crippen MR) is 108 cm³/mol. The number of aromatic nitrogens is 2. The number of thiazole rings is 2. The van der Waals surface area contributed by atoms with E-state index in [9.17, 15) is 4.79 Å². The second kappa shape index (κ2) is 6.94. The smallest absolute Gasteiger partial charge is 0.193 e. The minimum Gasteiger partial charge on any atom is -0.289 e. The van der Waals surface area contributed by atoms with Crippen LogP contribution in [0.1, 0.15) is 27.3 Å². The van der Waals surface area contributed by atoms with Crippen LogP contribution in [0.5, 0.6) is 0 Å². The molecule has 0 N–H and O–H groups in total. The van der Waals surface area contributed by atoms with Crippen molar-refractivity contribution in [3.63, 3.8) is 0 Å². The fraction of sp³-hybridized carbons (Fsp3) is 0.0952. The third kappa shape index (κ3) is 3.36. The van der Waals surface area contributed by atoms with Gasteiger partial charge in [-0.3, -0.25) is 4.79 Å². The SMILES string of the molecule is Cc1csc(-c2ccc(C(=O)c3ccc(-c4nc(C)cs4)cc3)cc2)n1. The highest BCUT2D eigenvalue weighted by Crippen LogP contribution is 2.26. The first-order valence-electron chi connectivity index (χ1n) is 8.20. The molecule has 0 saturated heterocycles. The summed E-state index contributed by atoms with van der Waals surface area (Å²) in [5.74, 6) is 0.0220. The number of aryl methyl sites for hydroxylation is 2. The van der Waals surface area contributed by atoms with Crippen molar-refractivity contribution in [1.29, 1.82) is 0 Å². The molecule has 0 fully saturated rings. The first-order valence-corrected chi connectivity index (χ1v) is 9.96. The van der Waals surface area contributed by atoms with Gasteiger partial charge in [-0.05, 0) is 13.8 Å². The molecule has 4 aromatic rings. The molecule has 0 spiro atoms. The van der Waals surface area contributed by atoms with E-state index in [1.54, 1.807) is 22.7 Å². The molecule has 0 bridgehead atoms. The Morgan fingerprint density at radius 1 is 0.692 bits per heavy atom. The normalized spacial score (nSPS) is 10.8. The number of ketones is 1. The summed E-state index contributed by atoms with van der Waals surface area (Å²) in [6.07, 6.45) is 0. The lowest BCUT2D eigenvalue weighted by Crippen LogP contribution is -2.00. The van der Waals surface area contributed by atoms with Gasteiger partial charge in [0.05, 0.1) is 0 Å². The van der Waals surface area contributed by atoms with Crippen molar-refractivity contribution in [3.8, 4) is 21.1 Å². The van der Waals surface area contributed by atoms with Crippen molar-refractivity contribution in [2.45, 2.75) is 13.8 Å². The molecular weight excluding hydrogens is 360 g/mol. The van der Waals surface area contributed by atoms with Crippen molar-refractivity contribution >= 4 is 28.5 Å². The molecule has 3 nitrogen and oxygen atoms in total. The molecule has 0 saturated carbocycles. The van der Waals surface area contributed by atoms with Gasteiger partial charge in [0.25, 0.3) is 0 Å². The molecular formula is C21H16N2OS2. The van der Waals surface area contributed by atoms with E-state index in [4.69, 9.17) is 0 Å². The Labute approximate surface area is 160 Å². The average molecular weight is 377 g/mol. The molecule has 128 valence electrons. The summed E-state index contributed by atoms with van der Waals surface area (Å²) in [6, 6.07) is 15.3. The maximum atomic E-state index is 12.7. The molecule has 0 aliphatic heterocycles. The van der Waals surface area contributed by atoms with Crippen LogP contribution in [0.2, 0.25) is 0 Å². The van der Waals surface area contributed by atoms with Gasteiger partial charge in [0.2, 0.25) is 0 Å². The van der Waals surface area contributed by atoms with Gasteiger partial charge in [-0.1, -0.05) is 48.5 Å². The van der Waals surface area contributed by atoms with Crippen LogP contribution in [0.3, 0.4) is 0 Å². The Morgan fingerprint density at radius 2 is 1.08 bits per heavy atom. The summed E-state index contributed by atoms with van der Waals surface area (Å²) in [5, 5.41) is 6.01. The fourth-order valence-corrected chi connectivity index (χ4v) is 4.28. The molecule has 0 unspecified atom stereocenters. The molecule has 0 atom stereocenters. The second-order valence-electron chi connectivity index (χ2n) is 6.07. The second-order valence-corrected chi connectivity index (χ2v) is 7.79. The molecule has 2 aromatic heterocycles. The van der Waals surface area contributed by atoms with Gasteiger partial charge in [0.15, 0.2) is 5.78 Å². The van der Waals surface area contributed by atoms with Gasteiger partial charge in [-0.15, -0.1) is 22.7 Å². The van der Waals surface area contributed by atoms with Crippen LogP contribution in [-0.2, 0) is 0 Å². The lowest BCUT2D eigenvalue weighted by Gasteiger charge is -2.04. The molecule has 2 aromatic carbocycles. The zero-order valence-corrected chi connectivity index (χ0v) is 16.0. The monoisotopic (exact) mass is 376 g/mol. The van der Waals surface area contributed by atoms with Crippen molar-refractivity contribution in [1.82, 2.24) is 9.97 Å². The van der Waals surface area contributed by atoms with Gasteiger partial charge < -0.3 is 0 Å². The lowest BCUT2D eigenvalue weighted by molar-refractivity contribution is 0.103. The molecule has 0 amide bonds. The third-order valence-corrected chi connectivity index (χ3v) is 6.04. The summed E-state index contributed by atoms with van der Waals surface area (Å²) >= 11 is 3.23. The average Bonchev–Trinajstić information content (AvgIpc) is 3.30. The van der Waals surface area contributed by atoms with Crippen molar-refractivity contribution in [2.24, 2.45) is 0 Å². The van der Waals surface area contributed by atoms with Gasteiger partial charge in [-0.25, -0.2) is 9.97 Å². The summed E-state index contributed by atoms with van der Waals surface area (Å²) in [4.78, 5) is 21.7. The summed E-state index contributed by atoms with van der Waals surface area (Å²) in [6.45, 7) is 3.96. The zero-order chi connectivity index (χ0) is 18.1. The van der Waals surface area contributed by atoms with E-state index >= 15 is 0 Å². The van der Waals surface area contributed by atoms with Gasteiger partial charge in [-0.2, -0.15) is 0 Å². The molecule has 0 radical (unpaired) electrons. The van der Waals surface area contributed by atoms with Gasteiger partial charge in [0.1, 0.15) is 10.0 Å². The number of nitrogens with zero attached hydrogens (tertiary/aromatic N) is 2. The Balaban J connectivity index is 1.55. The number of hydrogen-bond acceptors (Lipinski definition) is 5. The van der Waals surface area contributed by atoms with E-state index < -0.39 is 0 Å². The van der Waals surface area contributed by atoms with E-state index in [2.05, 4.69) is 9.97 Å². The highest BCUT2D eigenvalue weighted by molar-refractivity contribution is 7.13. The molecule has 5 heteroatoms. The van der Waals surface area contributed by atoms with Crippen LogP contribution in [0.15, 0.2) is 59.3 Å². The van der Waals surface area contributed by atoms with Gasteiger partial charge >= 0.3 is 0 Å². The van der Waals surface area contributed by atoms with Crippen LogP contribution in [-0.4, -0.2) is 15.8 Å². The largest absolute Gasteiger partial charge is 0.289 e. The van der Waals surface area contributed by atoms with Crippen molar-refractivity contribution in [3.05, 3.63) is 81.8 Å². The Hall–Kier alpha value is -2.63. The van der Waals surface area contributed by atoms with Crippen molar-refractivity contribution < 1.29 is 4.79 Å². The topological polar surface area (TPSA) is 42.9 Å². The number of rotatable bonds is 4. The minimum absolute atomic E-state index is 0.0220. The molecule has 2 heterocycles. The van der Waals surface area contributed by atoms with Crippen LogP contribution < -0.4 is 0 Å². The highest BCUT2D eigenvalue weighted by atomic mass is 32.1. The first kappa shape index (κ1) is 16.8. The van der Waals surface area contributed by atoms with E-state index in [0.717, 1.165) is 32.5 Å². The first-order chi connectivity index (χ1) is 12.6. The van der Waals surface area contributed by atoms with E-state index in [1.165, 1.54) is 0 Å². The summed E-state index contributed by atoms with van der Waals surface area (Å²) < 4.78 is 0. The maximum absolute atomic E-state index is 12.7. The van der Waals surface area contributed by atoms with Crippen LogP contribution in [0.4, 0.5) is 0 Å². The fourth-order valence-electron chi connectivity index (χ4n) is 2.67. The molecule has 4 rings (SSSR count). The Bertz CT molecular complexity index is 974. The predicted octanol–water partition coefficient (Wildman–Crippen LogP) is 5.78. The van der Waals surface area contributed by atoms with E-state index in [0.29, 0.717) is 11.1 Å².